The van der Waals surface area contributed by atoms with Gasteiger partial charge in [0.1, 0.15) is 0 Å². The van der Waals surface area contributed by atoms with E-state index in [0.29, 0.717) is 4.90 Å². The predicted octanol–water partition coefficient (Wildman–Crippen LogP) is 2.62. The number of aryl methyl sites for hydroxylation is 1. The van der Waals surface area contributed by atoms with Gasteiger partial charge in [-0.1, -0.05) is 38.5 Å². The summed E-state index contributed by atoms with van der Waals surface area (Å²) in [5, 5.41) is 19.8. The number of ether oxygens (including phenoxy) is 1. The number of aliphatic hydroxyl groups is 2. The smallest absolute Gasteiger partial charge is 0.0850 e. The van der Waals surface area contributed by atoms with Gasteiger partial charge in [-0.15, -0.1) is 0 Å². The van der Waals surface area contributed by atoms with Gasteiger partial charge in [-0.25, -0.2) is 8.57 Å². The Kier molecular flexibility index (Phi) is 6.65. The summed E-state index contributed by atoms with van der Waals surface area (Å²) < 4.78 is 24.3. The summed E-state index contributed by atoms with van der Waals surface area (Å²) in [6.45, 7) is 9.50. The lowest BCUT2D eigenvalue weighted by atomic mass is 10.0. The van der Waals surface area contributed by atoms with Crippen LogP contribution in [0.2, 0.25) is 0 Å². The van der Waals surface area contributed by atoms with Crippen molar-refractivity contribution in [2.75, 3.05) is 12.4 Å². The number of rotatable bonds is 6. The molecule has 1 fully saturated rings. The summed E-state index contributed by atoms with van der Waals surface area (Å²) in [5.74, 6) is 0.202. The summed E-state index contributed by atoms with van der Waals surface area (Å²) in [4.78, 5) is 0.655. The summed E-state index contributed by atoms with van der Waals surface area (Å²) in [6, 6.07) is 7.13. The second kappa shape index (κ2) is 8.16. The van der Waals surface area contributed by atoms with E-state index >= 15 is 0 Å². The number of hydrogen-bond donors (Lipinski definition) is 2. The van der Waals surface area contributed by atoms with Gasteiger partial charge in [0.15, 0.2) is 0 Å². The van der Waals surface area contributed by atoms with E-state index in [1.165, 1.54) is 0 Å². The van der Waals surface area contributed by atoms with Crippen LogP contribution in [0, 0.1) is 18.8 Å². The Hall–Kier alpha value is -0.950. The van der Waals surface area contributed by atoms with Crippen LogP contribution < -0.4 is 0 Å². The molecule has 2 rings (SSSR count). The van der Waals surface area contributed by atoms with Crippen molar-refractivity contribution in [3.63, 3.8) is 0 Å². The van der Waals surface area contributed by atoms with Gasteiger partial charge in [-0.3, -0.25) is 0 Å². The largest absolute Gasteiger partial charge is 0.394 e. The molecule has 25 heavy (non-hydrogen) atoms. The van der Waals surface area contributed by atoms with Gasteiger partial charge >= 0.3 is 0 Å². The lowest BCUT2D eigenvalue weighted by Crippen LogP contribution is -2.30. The molecule has 5 nitrogen and oxygen atoms in total. The molecule has 0 radical (unpaired) electrons. The quantitative estimate of drug-likeness (QED) is 0.808. The molecule has 1 aromatic rings. The first-order valence-corrected chi connectivity index (χ1v) is 10.6. The van der Waals surface area contributed by atoms with Crippen LogP contribution in [-0.4, -0.2) is 51.1 Å². The fraction of sp³-hybridized carbons (Fsp3) is 0.684. The molecule has 1 aromatic carbocycles. The summed E-state index contributed by atoms with van der Waals surface area (Å²) in [7, 11) is -2.78. The molecule has 0 aliphatic carbocycles. The minimum absolute atomic E-state index is 0.0858. The van der Waals surface area contributed by atoms with Crippen LogP contribution in [0.1, 0.15) is 33.3 Å². The molecule has 1 aliphatic heterocycles. The molecular weight excluding hydrogens is 338 g/mol. The highest BCUT2D eigenvalue weighted by atomic mass is 32.2. The molecular formula is C19H31NO4S. The van der Waals surface area contributed by atoms with Crippen LogP contribution in [0.3, 0.4) is 0 Å². The molecule has 0 aromatic heterocycles. The van der Waals surface area contributed by atoms with Gasteiger partial charge in [0.25, 0.3) is 0 Å². The normalized spacial score (nSPS) is 30.2. The van der Waals surface area contributed by atoms with Crippen molar-refractivity contribution in [2.24, 2.45) is 16.2 Å². The van der Waals surface area contributed by atoms with Crippen LogP contribution in [-0.2, 0) is 14.5 Å². The predicted molar refractivity (Wildman–Crippen MR) is 100 cm³/mol. The molecule has 6 atom stereocenters. The van der Waals surface area contributed by atoms with E-state index in [-0.39, 0.29) is 36.4 Å². The van der Waals surface area contributed by atoms with Crippen LogP contribution in [0.15, 0.2) is 33.5 Å². The van der Waals surface area contributed by atoms with Gasteiger partial charge in [0.2, 0.25) is 0 Å². The Morgan fingerprint density at radius 2 is 1.84 bits per heavy atom. The standard InChI is InChI=1S/C19H31NO4S/c1-12(2)17(10-21)20-25(23,16-8-6-13(3)7-9-16)11-18-14(4)19(22)15(5)24-18/h6-9,12,14-15,17-19,21-22H,10-11H2,1-5H3/t14-,15+,17+,18-,19-,25?/m0/s1. The number of aliphatic hydroxyl groups excluding tert-OH is 2. The fourth-order valence-electron chi connectivity index (χ4n) is 3.08. The molecule has 0 bridgehead atoms. The fourth-order valence-corrected chi connectivity index (χ4v) is 5.61. The van der Waals surface area contributed by atoms with E-state index < -0.39 is 21.9 Å². The van der Waals surface area contributed by atoms with Crippen molar-refractivity contribution in [3.8, 4) is 0 Å². The van der Waals surface area contributed by atoms with E-state index in [2.05, 4.69) is 4.36 Å². The van der Waals surface area contributed by atoms with E-state index in [9.17, 15) is 14.4 Å². The van der Waals surface area contributed by atoms with Crippen molar-refractivity contribution in [2.45, 2.75) is 63.9 Å². The zero-order chi connectivity index (χ0) is 18.8. The van der Waals surface area contributed by atoms with Crippen molar-refractivity contribution in [3.05, 3.63) is 29.8 Å². The molecule has 1 heterocycles. The van der Waals surface area contributed by atoms with E-state index in [1.54, 1.807) is 0 Å². The molecule has 1 saturated heterocycles. The Morgan fingerprint density at radius 1 is 1.24 bits per heavy atom. The maximum Gasteiger partial charge on any atom is 0.0850 e. The molecule has 0 spiro atoms. The topological polar surface area (TPSA) is 79.1 Å². The Bertz CT molecular complexity index is 679. The Balaban J connectivity index is 2.44. The van der Waals surface area contributed by atoms with Crippen molar-refractivity contribution in [1.29, 1.82) is 0 Å². The summed E-state index contributed by atoms with van der Waals surface area (Å²) in [6.07, 6.45) is -1.17. The number of nitrogens with zero attached hydrogens (tertiary/aromatic N) is 1. The van der Waals surface area contributed by atoms with Crippen LogP contribution in [0.4, 0.5) is 0 Å². The average Bonchev–Trinajstić information content (AvgIpc) is 2.80. The molecule has 1 aliphatic rings. The number of benzene rings is 1. The third-order valence-electron chi connectivity index (χ3n) is 5.04. The van der Waals surface area contributed by atoms with E-state index in [4.69, 9.17) is 4.74 Å². The molecule has 6 heteroatoms. The molecule has 142 valence electrons. The lowest BCUT2D eigenvalue weighted by molar-refractivity contribution is 0.0298. The van der Waals surface area contributed by atoms with Crippen molar-refractivity contribution >= 4 is 9.73 Å². The van der Waals surface area contributed by atoms with Gasteiger partial charge in [0, 0.05) is 10.8 Å². The molecule has 0 amide bonds. The van der Waals surface area contributed by atoms with Gasteiger partial charge in [-0.2, -0.15) is 0 Å². The van der Waals surface area contributed by atoms with Crippen molar-refractivity contribution < 1.29 is 19.2 Å². The SMILES string of the molecule is Cc1ccc(S(=O)(C[C@@H]2O[C@H](C)[C@@H](O)[C@H]2C)=N[C@H](CO)C(C)C)cc1. The second-order valence-corrected chi connectivity index (χ2v) is 9.75. The molecule has 1 unspecified atom stereocenters. The molecule has 2 N–H and O–H groups in total. The Morgan fingerprint density at radius 3 is 2.28 bits per heavy atom. The first kappa shape index (κ1) is 20.4. The maximum absolute atomic E-state index is 13.8. The van der Waals surface area contributed by atoms with Crippen LogP contribution in [0.5, 0.6) is 0 Å². The van der Waals surface area contributed by atoms with Crippen molar-refractivity contribution in [1.82, 2.24) is 0 Å². The third kappa shape index (κ3) is 4.61. The summed E-state index contributed by atoms with van der Waals surface area (Å²) >= 11 is 0. The first-order valence-electron chi connectivity index (χ1n) is 8.93. The van der Waals surface area contributed by atoms with Crippen LogP contribution >= 0.6 is 0 Å². The van der Waals surface area contributed by atoms with E-state index in [0.717, 1.165) is 5.56 Å². The Labute approximate surface area is 151 Å². The van der Waals surface area contributed by atoms with Gasteiger partial charge < -0.3 is 14.9 Å². The zero-order valence-corrected chi connectivity index (χ0v) is 16.6. The first-order chi connectivity index (χ1) is 11.7. The number of hydrogen-bond acceptors (Lipinski definition) is 5. The highest BCUT2D eigenvalue weighted by Crippen LogP contribution is 2.30. The third-order valence-corrected chi connectivity index (χ3v) is 7.44. The highest BCUT2D eigenvalue weighted by molar-refractivity contribution is 7.93. The monoisotopic (exact) mass is 369 g/mol. The highest BCUT2D eigenvalue weighted by Gasteiger charge is 2.40. The zero-order valence-electron chi connectivity index (χ0n) is 15.8. The van der Waals surface area contributed by atoms with Gasteiger partial charge in [0.05, 0.1) is 46.4 Å². The van der Waals surface area contributed by atoms with Crippen LogP contribution in [0.25, 0.3) is 0 Å². The lowest BCUT2D eigenvalue weighted by Gasteiger charge is -2.22. The minimum Gasteiger partial charge on any atom is -0.394 e. The summed E-state index contributed by atoms with van der Waals surface area (Å²) in [5.41, 5.74) is 1.09. The maximum atomic E-state index is 13.8. The van der Waals surface area contributed by atoms with E-state index in [1.807, 2.05) is 58.9 Å². The minimum atomic E-state index is -2.78. The molecule has 0 saturated carbocycles. The van der Waals surface area contributed by atoms with Gasteiger partial charge in [-0.05, 0) is 31.9 Å². The second-order valence-electron chi connectivity index (χ2n) is 7.45. The average molecular weight is 370 g/mol.